The van der Waals surface area contributed by atoms with E-state index < -0.39 is 33.8 Å². The van der Waals surface area contributed by atoms with Gasteiger partial charge in [-0.25, -0.2) is 13.4 Å². The standard InChI is InChI=1S/C24H21F3N6O4S/c25-24(26,27)22-33-32-21(37-22)17-12-28-23(31-20(17)30-18(13-34)14-5-2-1-3-6-14)29-16-8-9-19-15(11-16)7-4-10-38(19,35)36/h1-3,5-6,8-9,11-12,18,34H,4,7,10,13H2,(H2,28,29,30,31)/t18-/m1/s1. The third-order valence-electron chi connectivity index (χ3n) is 5.89. The highest BCUT2D eigenvalue weighted by Gasteiger charge is 2.38. The summed E-state index contributed by atoms with van der Waals surface area (Å²) < 4.78 is 68.6. The first-order chi connectivity index (χ1) is 18.1. The van der Waals surface area contributed by atoms with E-state index in [1.165, 1.54) is 12.3 Å². The molecule has 3 N–H and O–H groups in total. The van der Waals surface area contributed by atoms with Gasteiger partial charge in [0.1, 0.15) is 5.82 Å². The van der Waals surface area contributed by atoms with Crippen LogP contribution in [0.3, 0.4) is 0 Å². The number of hydrogen-bond acceptors (Lipinski definition) is 10. The number of nitrogens with zero attached hydrogens (tertiary/aromatic N) is 4. The van der Waals surface area contributed by atoms with Gasteiger partial charge in [-0.1, -0.05) is 30.3 Å². The highest BCUT2D eigenvalue weighted by Crippen LogP contribution is 2.34. The Balaban J connectivity index is 1.51. The molecule has 4 aromatic rings. The SMILES string of the molecule is O=S1(=O)CCCc2cc(Nc3ncc(-c4nnc(C(F)(F)F)o4)c(N[C@H](CO)c4ccccc4)n3)ccc21. The number of aliphatic hydroxyl groups excluding tert-OH is 1. The predicted molar refractivity (Wildman–Crippen MR) is 130 cm³/mol. The largest absolute Gasteiger partial charge is 0.470 e. The number of alkyl halides is 3. The molecule has 198 valence electrons. The maximum absolute atomic E-state index is 13.1. The van der Waals surface area contributed by atoms with E-state index in [0.717, 1.165) is 0 Å². The van der Waals surface area contributed by atoms with Crippen LogP contribution in [-0.2, 0) is 22.4 Å². The van der Waals surface area contributed by atoms with Crippen molar-refractivity contribution in [3.05, 3.63) is 71.7 Å². The molecule has 10 nitrogen and oxygen atoms in total. The lowest BCUT2D eigenvalue weighted by Gasteiger charge is -2.20. The quantitative estimate of drug-likeness (QED) is 0.309. The van der Waals surface area contributed by atoms with Crippen molar-refractivity contribution in [1.82, 2.24) is 20.2 Å². The number of benzene rings is 2. The second-order valence-electron chi connectivity index (χ2n) is 8.53. The number of rotatable bonds is 7. The van der Waals surface area contributed by atoms with Crippen molar-refractivity contribution in [3.8, 4) is 11.5 Å². The van der Waals surface area contributed by atoms with Crippen molar-refractivity contribution in [1.29, 1.82) is 0 Å². The molecule has 2 aromatic carbocycles. The van der Waals surface area contributed by atoms with Crippen molar-refractivity contribution in [2.24, 2.45) is 0 Å². The number of halogens is 3. The summed E-state index contributed by atoms with van der Waals surface area (Å²) in [5.41, 5.74) is 1.89. The number of nitrogens with one attached hydrogen (secondary N) is 2. The molecule has 0 unspecified atom stereocenters. The molecule has 0 fully saturated rings. The van der Waals surface area contributed by atoms with Gasteiger partial charge in [0, 0.05) is 11.9 Å². The third-order valence-corrected chi connectivity index (χ3v) is 7.79. The summed E-state index contributed by atoms with van der Waals surface area (Å²) in [4.78, 5) is 8.87. The van der Waals surface area contributed by atoms with Gasteiger partial charge in [0.25, 0.3) is 5.89 Å². The van der Waals surface area contributed by atoms with Crippen molar-refractivity contribution in [2.75, 3.05) is 23.0 Å². The lowest BCUT2D eigenvalue weighted by atomic mass is 10.1. The molecule has 1 aliphatic heterocycles. The molecule has 0 saturated carbocycles. The van der Waals surface area contributed by atoms with Gasteiger partial charge in [-0.05, 0) is 42.2 Å². The molecule has 2 aromatic heterocycles. The second-order valence-corrected chi connectivity index (χ2v) is 10.6. The molecule has 0 aliphatic carbocycles. The number of fused-ring (bicyclic) bond motifs is 1. The average Bonchev–Trinajstić information content (AvgIpc) is 3.39. The fourth-order valence-corrected chi connectivity index (χ4v) is 5.67. The number of sulfone groups is 1. The molecular formula is C24H21F3N6O4S. The minimum absolute atomic E-state index is 0.00975. The molecule has 3 heterocycles. The summed E-state index contributed by atoms with van der Waals surface area (Å²) in [6.45, 7) is -0.354. The Labute approximate surface area is 214 Å². The summed E-state index contributed by atoms with van der Waals surface area (Å²) in [7, 11) is -3.32. The van der Waals surface area contributed by atoms with Crippen LogP contribution >= 0.6 is 0 Å². The Kier molecular flexibility index (Phi) is 6.75. The summed E-state index contributed by atoms with van der Waals surface area (Å²) >= 11 is 0. The Morgan fingerprint density at radius 3 is 2.61 bits per heavy atom. The van der Waals surface area contributed by atoms with E-state index in [2.05, 4.69) is 30.8 Å². The highest BCUT2D eigenvalue weighted by molar-refractivity contribution is 7.91. The van der Waals surface area contributed by atoms with Crippen LogP contribution < -0.4 is 10.6 Å². The van der Waals surface area contributed by atoms with Gasteiger partial charge in [-0.2, -0.15) is 18.2 Å². The molecule has 38 heavy (non-hydrogen) atoms. The van der Waals surface area contributed by atoms with Crippen LogP contribution in [0.5, 0.6) is 0 Å². The van der Waals surface area contributed by atoms with Crippen LogP contribution in [-0.4, -0.2) is 46.0 Å². The lowest BCUT2D eigenvalue weighted by Crippen LogP contribution is -2.17. The smallest absolute Gasteiger partial charge is 0.412 e. The fraction of sp³-hybridized carbons (Fsp3) is 0.250. The zero-order valence-corrected chi connectivity index (χ0v) is 20.4. The van der Waals surface area contributed by atoms with Crippen LogP contribution in [0, 0.1) is 0 Å². The fourth-order valence-electron chi connectivity index (χ4n) is 4.09. The van der Waals surface area contributed by atoms with E-state index in [1.807, 2.05) is 0 Å². The lowest BCUT2D eigenvalue weighted by molar-refractivity contribution is -0.156. The maximum atomic E-state index is 13.1. The molecular weight excluding hydrogens is 525 g/mol. The van der Waals surface area contributed by atoms with Gasteiger partial charge in [0.2, 0.25) is 5.95 Å². The monoisotopic (exact) mass is 546 g/mol. The number of hydrogen-bond donors (Lipinski definition) is 3. The van der Waals surface area contributed by atoms with E-state index >= 15 is 0 Å². The van der Waals surface area contributed by atoms with Crippen LogP contribution in [0.4, 0.5) is 30.6 Å². The van der Waals surface area contributed by atoms with Crippen molar-refractivity contribution in [3.63, 3.8) is 0 Å². The van der Waals surface area contributed by atoms with Crippen LogP contribution in [0.2, 0.25) is 0 Å². The molecule has 5 rings (SSSR count). The van der Waals surface area contributed by atoms with E-state index in [1.54, 1.807) is 42.5 Å². The van der Waals surface area contributed by atoms with Crippen LogP contribution in [0.25, 0.3) is 11.5 Å². The normalized spacial score (nSPS) is 15.5. The van der Waals surface area contributed by atoms with Gasteiger partial charge in [0.05, 0.1) is 28.9 Å². The Morgan fingerprint density at radius 1 is 1.11 bits per heavy atom. The highest BCUT2D eigenvalue weighted by atomic mass is 32.2. The summed E-state index contributed by atoms with van der Waals surface area (Å²) in [6, 6.07) is 13.0. The topological polar surface area (TPSA) is 143 Å². The molecule has 0 amide bonds. The second kappa shape index (κ2) is 10.0. The molecule has 0 spiro atoms. The Hall–Kier alpha value is -4.04. The summed E-state index contributed by atoms with van der Waals surface area (Å²) in [5, 5.41) is 22.6. The van der Waals surface area contributed by atoms with E-state index in [4.69, 9.17) is 4.42 Å². The van der Waals surface area contributed by atoms with Crippen molar-refractivity contribution >= 4 is 27.3 Å². The number of anilines is 3. The molecule has 0 saturated heterocycles. The minimum atomic E-state index is -4.83. The zero-order valence-electron chi connectivity index (χ0n) is 19.6. The van der Waals surface area contributed by atoms with Gasteiger partial charge >= 0.3 is 12.1 Å². The van der Waals surface area contributed by atoms with Gasteiger partial charge in [-0.15, -0.1) is 10.2 Å². The van der Waals surface area contributed by atoms with Gasteiger partial charge in [0.15, 0.2) is 9.84 Å². The zero-order chi connectivity index (χ0) is 26.9. The number of aromatic nitrogens is 4. The van der Waals surface area contributed by atoms with Crippen LogP contribution in [0.1, 0.15) is 29.5 Å². The predicted octanol–water partition coefficient (Wildman–Crippen LogP) is 4.15. The van der Waals surface area contributed by atoms with Crippen molar-refractivity contribution in [2.45, 2.75) is 30.0 Å². The van der Waals surface area contributed by atoms with Gasteiger partial charge in [-0.3, -0.25) is 0 Å². The number of aryl methyl sites for hydroxylation is 1. The molecule has 1 atom stereocenters. The van der Waals surface area contributed by atoms with E-state index in [9.17, 15) is 26.7 Å². The molecule has 0 radical (unpaired) electrons. The third kappa shape index (κ3) is 5.31. The minimum Gasteiger partial charge on any atom is -0.412 e. The maximum Gasteiger partial charge on any atom is 0.470 e. The Bertz CT molecular complexity index is 1560. The summed E-state index contributed by atoms with van der Waals surface area (Å²) in [6.07, 6.45) is -2.50. The molecule has 14 heteroatoms. The average molecular weight is 547 g/mol. The molecule has 0 bridgehead atoms. The van der Waals surface area contributed by atoms with E-state index in [-0.39, 0.29) is 29.7 Å². The Morgan fingerprint density at radius 2 is 1.89 bits per heavy atom. The summed E-state index contributed by atoms with van der Waals surface area (Å²) in [5.74, 6) is -1.79. The molecule has 1 aliphatic rings. The first kappa shape index (κ1) is 25.6. The van der Waals surface area contributed by atoms with Crippen molar-refractivity contribution < 1.29 is 31.1 Å². The first-order valence-corrected chi connectivity index (χ1v) is 13.1. The van der Waals surface area contributed by atoms with Gasteiger partial charge < -0.3 is 20.2 Å². The van der Waals surface area contributed by atoms with E-state index in [0.29, 0.717) is 34.6 Å². The number of aliphatic hydroxyl groups is 1. The first-order valence-electron chi connectivity index (χ1n) is 11.5. The van der Waals surface area contributed by atoms with Crippen LogP contribution in [0.15, 0.2) is 64.0 Å².